The number of aryl methyl sites for hydroxylation is 2. The fraction of sp³-hybridized carbons (Fsp3) is 0.391. The van der Waals surface area contributed by atoms with Gasteiger partial charge in [0.25, 0.3) is 20.2 Å². The highest BCUT2D eigenvalue weighted by Gasteiger charge is 2.45. The minimum atomic E-state index is -3.88. The van der Waals surface area contributed by atoms with Crippen LogP contribution in [0.5, 0.6) is 0 Å². The monoisotopic (exact) mass is 462 g/mol. The van der Waals surface area contributed by atoms with Crippen molar-refractivity contribution in [2.75, 3.05) is 13.2 Å². The van der Waals surface area contributed by atoms with Crippen molar-refractivity contribution in [3.63, 3.8) is 0 Å². The molecule has 0 aliphatic heterocycles. The first kappa shape index (κ1) is 22.2. The summed E-state index contributed by atoms with van der Waals surface area (Å²) in [6, 6.07) is 13.0. The quantitative estimate of drug-likeness (QED) is 0.437. The molecule has 166 valence electrons. The van der Waals surface area contributed by atoms with Crippen molar-refractivity contribution in [3.05, 3.63) is 71.8 Å². The van der Waals surface area contributed by atoms with Crippen molar-refractivity contribution in [2.24, 2.45) is 23.7 Å². The Kier molecular flexibility index (Phi) is 6.09. The molecule has 0 aromatic heterocycles. The number of allylic oxidation sites excluding steroid dienone is 2. The smallest absolute Gasteiger partial charge is 0.266 e. The number of rotatable bonds is 8. The summed E-state index contributed by atoms with van der Waals surface area (Å²) in [5, 5.41) is 0. The maximum Gasteiger partial charge on any atom is 0.296 e. The van der Waals surface area contributed by atoms with E-state index in [9.17, 15) is 16.8 Å². The number of fused-ring (bicyclic) bond motifs is 2. The SMILES string of the molecule is Cc1ccc(S(=O)(=O)OC[C@@H]2C3C=CC(C3)[C@H]2COS(=O)(=O)c2ccc(C)cc2)cc1. The summed E-state index contributed by atoms with van der Waals surface area (Å²) in [7, 11) is -7.76. The topological polar surface area (TPSA) is 86.7 Å². The molecule has 0 saturated heterocycles. The normalized spacial score (nSPS) is 25.2. The first-order valence-corrected chi connectivity index (χ1v) is 13.1. The first-order valence-electron chi connectivity index (χ1n) is 10.3. The van der Waals surface area contributed by atoms with E-state index in [-0.39, 0.29) is 46.7 Å². The molecule has 0 radical (unpaired) electrons. The Balaban J connectivity index is 1.43. The van der Waals surface area contributed by atoms with Gasteiger partial charge in [-0.05, 0) is 68.2 Å². The van der Waals surface area contributed by atoms with Crippen molar-refractivity contribution in [2.45, 2.75) is 30.1 Å². The van der Waals surface area contributed by atoms with Crippen LogP contribution in [0.25, 0.3) is 0 Å². The molecule has 2 aliphatic rings. The maximum absolute atomic E-state index is 12.6. The van der Waals surface area contributed by atoms with Gasteiger partial charge in [-0.25, -0.2) is 0 Å². The largest absolute Gasteiger partial charge is 0.296 e. The first-order chi connectivity index (χ1) is 14.7. The standard InChI is InChI=1S/C23H26O6S2/c1-16-3-9-20(10-4-16)30(24,25)28-14-22-18-7-8-19(13-18)23(22)15-29-31(26,27)21-11-5-17(2)6-12-21/h3-12,18-19,22-23H,13-15H2,1-2H3/t18?,19?,22-,23-/m1/s1. The lowest BCUT2D eigenvalue weighted by molar-refractivity contribution is 0.138. The second-order valence-electron chi connectivity index (χ2n) is 8.38. The van der Waals surface area contributed by atoms with E-state index in [0.29, 0.717) is 0 Å². The summed E-state index contributed by atoms with van der Waals surface area (Å²) in [6.45, 7) is 3.77. The molecule has 8 heteroatoms. The predicted molar refractivity (Wildman–Crippen MR) is 116 cm³/mol. The lowest BCUT2D eigenvalue weighted by Gasteiger charge is -2.27. The van der Waals surface area contributed by atoms with E-state index in [1.807, 2.05) is 13.8 Å². The van der Waals surface area contributed by atoms with E-state index in [2.05, 4.69) is 12.2 Å². The third-order valence-electron chi connectivity index (χ3n) is 6.25. The molecule has 1 saturated carbocycles. The van der Waals surface area contributed by atoms with Crippen LogP contribution in [-0.2, 0) is 28.6 Å². The Morgan fingerprint density at radius 2 is 1.03 bits per heavy atom. The minimum Gasteiger partial charge on any atom is -0.266 e. The van der Waals surface area contributed by atoms with Crippen LogP contribution in [0.1, 0.15) is 17.5 Å². The lowest BCUT2D eigenvalue weighted by atomic mass is 9.84. The van der Waals surface area contributed by atoms with Crippen LogP contribution in [0, 0.1) is 37.5 Å². The molecule has 0 heterocycles. The molecular weight excluding hydrogens is 436 g/mol. The Labute approximate surface area is 184 Å². The number of benzene rings is 2. The van der Waals surface area contributed by atoms with Gasteiger partial charge in [-0.2, -0.15) is 16.8 Å². The van der Waals surface area contributed by atoms with E-state index in [1.165, 1.54) is 24.3 Å². The molecule has 6 nitrogen and oxygen atoms in total. The second kappa shape index (κ2) is 8.50. The molecule has 2 bridgehead atoms. The van der Waals surface area contributed by atoms with Gasteiger partial charge >= 0.3 is 0 Å². The summed E-state index contributed by atoms with van der Waals surface area (Å²) in [5.74, 6) is 0.0784. The van der Waals surface area contributed by atoms with Crippen LogP contribution >= 0.6 is 0 Å². The Morgan fingerprint density at radius 3 is 1.39 bits per heavy atom. The van der Waals surface area contributed by atoms with Gasteiger partial charge in [-0.15, -0.1) is 0 Å². The van der Waals surface area contributed by atoms with Crippen LogP contribution < -0.4 is 0 Å². The molecule has 31 heavy (non-hydrogen) atoms. The fourth-order valence-corrected chi connectivity index (χ4v) is 6.29. The molecule has 2 aliphatic carbocycles. The summed E-state index contributed by atoms with van der Waals surface area (Å²) < 4.78 is 61.1. The zero-order valence-corrected chi connectivity index (χ0v) is 19.1. The summed E-state index contributed by atoms with van der Waals surface area (Å²) in [6.07, 6.45) is 5.00. The average Bonchev–Trinajstić information content (AvgIpc) is 3.33. The molecule has 0 spiro atoms. The van der Waals surface area contributed by atoms with E-state index < -0.39 is 20.2 Å². The summed E-state index contributed by atoms with van der Waals surface area (Å²) >= 11 is 0. The van der Waals surface area contributed by atoms with Gasteiger partial charge in [0.15, 0.2) is 0 Å². The fourth-order valence-electron chi connectivity index (χ4n) is 4.40. The van der Waals surface area contributed by atoms with Crippen LogP contribution in [-0.4, -0.2) is 30.0 Å². The number of hydrogen-bond donors (Lipinski definition) is 0. The van der Waals surface area contributed by atoms with Crippen molar-refractivity contribution in [3.8, 4) is 0 Å². The van der Waals surface area contributed by atoms with E-state index in [1.54, 1.807) is 24.3 Å². The predicted octanol–water partition coefficient (Wildman–Crippen LogP) is 3.85. The molecule has 2 aromatic rings. The zero-order valence-electron chi connectivity index (χ0n) is 17.5. The molecular formula is C23H26O6S2. The van der Waals surface area contributed by atoms with Crippen molar-refractivity contribution >= 4 is 20.2 Å². The second-order valence-corrected chi connectivity index (χ2v) is 11.6. The van der Waals surface area contributed by atoms with Gasteiger partial charge in [0, 0.05) is 0 Å². The van der Waals surface area contributed by atoms with Crippen molar-refractivity contribution < 1.29 is 25.2 Å². The molecule has 1 fully saturated rings. The molecule has 2 unspecified atom stereocenters. The minimum absolute atomic E-state index is 0.000320. The highest BCUT2D eigenvalue weighted by atomic mass is 32.2. The summed E-state index contributed by atoms with van der Waals surface area (Å²) in [5.41, 5.74) is 1.92. The Morgan fingerprint density at radius 1 is 0.677 bits per heavy atom. The van der Waals surface area contributed by atoms with Crippen molar-refractivity contribution in [1.82, 2.24) is 0 Å². The highest BCUT2D eigenvalue weighted by molar-refractivity contribution is 7.87. The van der Waals surface area contributed by atoms with Gasteiger partial charge in [-0.3, -0.25) is 8.37 Å². The van der Waals surface area contributed by atoms with Crippen LogP contribution in [0.4, 0.5) is 0 Å². The maximum atomic E-state index is 12.6. The van der Waals surface area contributed by atoms with Crippen LogP contribution in [0.3, 0.4) is 0 Å². The molecule has 0 N–H and O–H groups in total. The third kappa shape index (κ3) is 4.77. The van der Waals surface area contributed by atoms with Gasteiger partial charge in [0.05, 0.1) is 23.0 Å². The van der Waals surface area contributed by atoms with Crippen molar-refractivity contribution in [1.29, 1.82) is 0 Å². The lowest BCUT2D eigenvalue weighted by Crippen LogP contribution is -2.30. The van der Waals surface area contributed by atoms with Gasteiger partial charge < -0.3 is 0 Å². The van der Waals surface area contributed by atoms with Gasteiger partial charge in [-0.1, -0.05) is 47.5 Å². The van der Waals surface area contributed by atoms with Crippen LogP contribution in [0.2, 0.25) is 0 Å². The average molecular weight is 463 g/mol. The molecule has 2 aromatic carbocycles. The highest BCUT2D eigenvalue weighted by Crippen LogP contribution is 2.48. The molecule has 4 atom stereocenters. The molecule has 4 rings (SSSR count). The number of hydrogen-bond acceptors (Lipinski definition) is 6. The van der Waals surface area contributed by atoms with E-state index >= 15 is 0 Å². The van der Waals surface area contributed by atoms with E-state index in [0.717, 1.165) is 17.5 Å². The summed E-state index contributed by atoms with van der Waals surface area (Å²) in [4.78, 5) is 0.234. The van der Waals surface area contributed by atoms with E-state index in [4.69, 9.17) is 8.37 Å². The Bertz CT molecular complexity index is 1070. The van der Waals surface area contributed by atoms with Gasteiger partial charge in [0.2, 0.25) is 0 Å². The van der Waals surface area contributed by atoms with Crippen LogP contribution in [0.15, 0.2) is 70.5 Å². The third-order valence-corrected chi connectivity index (χ3v) is 8.84. The van der Waals surface area contributed by atoms with Gasteiger partial charge in [0.1, 0.15) is 0 Å². The molecule has 0 amide bonds. The zero-order chi connectivity index (χ0) is 22.2. The Hall–Kier alpha value is -2.00.